The van der Waals surface area contributed by atoms with Crippen molar-refractivity contribution in [3.8, 4) is 0 Å². The summed E-state index contributed by atoms with van der Waals surface area (Å²) in [7, 11) is 0. The number of fused-ring (bicyclic) bond motifs is 1. The van der Waals surface area contributed by atoms with Crippen LogP contribution in [0.2, 0.25) is 0 Å². The number of benzene rings is 1. The van der Waals surface area contributed by atoms with Gasteiger partial charge in [-0.05, 0) is 68.8 Å². The predicted octanol–water partition coefficient (Wildman–Crippen LogP) is 2.91. The third-order valence-electron chi connectivity index (χ3n) is 3.98. The van der Waals surface area contributed by atoms with Crippen molar-refractivity contribution in [1.29, 1.82) is 0 Å². The minimum absolute atomic E-state index is 0.578. The smallest absolute Gasteiger partial charge is 0.0369 e. The van der Waals surface area contributed by atoms with Gasteiger partial charge >= 0.3 is 0 Å². The van der Waals surface area contributed by atoms with Crippen LogP contribution in [0, 0.1) is 0 Å². The van der Waals surface area contributed by atoms with Crippen LogP contribution >= 0.6 is 0 Å². The first kappa shape index (κ1) is 12.4. The van der Waals surface area contributed by atoms with E-state index < -0.39 is 0 Å². The number of nitrogens with zero attached hydrogens (tertiary/aromatic N) is 1. The highest BCUT2D eigenvalue weighted by atomic mass is 15.1. The minimum Gasteiger partial charge on any atom is -0.372 e. The molecule has 0 bridgehead atoms. The van der Waals surface area contributed by atoms with E-state index in [1.165, 1.54) is 36.1 Å². The van der Waals surface area contributed by atoms with E-state index in [4.69, 9.17) is 5.73 Å². The van der Waals surface area contributed by atoms with Gasteiger partial charge in [-0.3, -0.25) is 0 Å². The molecule has 0 saturated heterocycles. The van der Waals surface area contributed by atoms with Gasteiger partial charge in [-0.1, -0.05) is 6.07 Å². The molecule has 0 amide bonds. The van der Waals surface area contributed by atoms with Gasteiger partial charge in [-0.25, -0.2) is 0 Å². The van der Waals surface area contributed by atoms with Crippen molar-refractivity contribution in [3.05, 3.63) is 29.3 Å². The molecule has 2 N–H and O–H groups in total. The quantitative estimate of drug-likeness (QED) is 0.865. The highest BCUT2D eigenvalue weighted by molar-refractivity contribution is 5.52. The lowest BCUT2D eigenvalue weighted by atomic mass is 9.82. The second-order valence-electron chi connectivity index (χ2n) is 4.88. The molecule has 0 heterocycles. The van der Waals surface area contributed by atoms with E-state index in [0.717, 1.165) is 19.6 Å². The number of rotatable bonds is 4. The Morgan fingerprint density at radius 2 is 2.06 bits per heavy atom. The summed E-state index contributed by atoms with van der Waals surface area (Å²) in [6, 6.07) is 6.95. The molecule has 1 unspecified atom stereocenters. The first-order valence-electron chi connectivity index (χ1n) is 6.88. The lowest BCUT2D eigenvalue weighted by Crippen LogP contribution is -2.23. The van der Waals surface area contributed by atoms with Gasteiger partial charge < -0.3 is 10.6 Å². The first-order valence-corrected chi connectivity index (χ1v) is 6.88. The van der Waals surface area contributed by atoms with Crippen LogP contribution in [0.25, 0.3) is 0 Å². The largest absolute Gasteiger partial charge is 0.372 e. The van der Waals surface area contributed by atoms with E-state index in [0.29, 0.717) is 5.92 Å². The molecule has 2 heteroatoms. The summed E-state index contributed by atoms with van der Waals surface area (Å²) in [6.45, 7) is 7.35. The van der Waals surface area contributed by atoms with Crippen molar-refractivity contribution < 1.29 is 0 Å². The number of aryl methyl sites for hydroxylation is 1. The second kappa shape index (κ2) is 5.54. The van der Waals surface area contributed by atoms with Crippen LogP contribution in [0.4, 0.5) is 5.69 Å². The van der Waals surface area contributed by atoms with Gasteiger partial charge in [0.25, 0.3) is 0 Å². The Kier molecular flexibility index (Phi) is 4.06. The van der Waals surface area contributed by atoms with Gasteiger partial charge in [0.05, 0.1) is 0 Å². The van der Waals surface area contributed by atoms with Crippen molar-refractivity contribution in [2.45, 2.75) is 39.0 Å². The van der Waals surface area contributed by atoms with Crippen molar-refractivity contribution in [2.24, 2.45) is 5.73 Å². The summed E-state index contributed by atoms with van der Waals surface area (Å²) in [5.74, 6) is 0.578. The Bertz CT molecular complexity index is 369. The summed E-state index contributed by atoms with van der Waals surface area (Å²) < 4.78 is 0. The van der Waals surface area contributed by atoms with E-state index in [-0.39, 0.29) is 0 Å². The van der Waals surface area contributed by atoms with Crippen LogP contribution in [0.15, 0.2) is 18.2 Å². The Balaban J connectivity index is 2.33. The molecule has 1 aliphatic rings. The molecule has 0 fully saturated rings. The van der Waals surface area contributed by atoms with Crippen LogP contribution in [0.1, 0.15) is 43.7 Å². The van der Waals surface area contributed by atoms with Crippen LogP contribution in [0.5, 0.6) is 0 Å². The highest BCUT2D eigenvalue weighted by Crippen LogP contribution is 2.33. The van der Waals surface area contributed by atoms with Gasteiger partial charge in [-0.15, -0.1) is 0 Å². The lowest BCUT2D eigenvalue weighted by molar-refractivity contribution is 0.560. The normalized spacial score (nSPS) is 18.9. The number of anilines is 1. The van der Waals surface area contributed by atoms with Crippen LogP contribution < -0.4 is 10.6 Å². The number of hydrogen-bond acceptors (Lipinski definition) is 2. The Morgan fingerprint density at radius 3 is 2.71 bits per heavy atom. The van der Waals surface area contributed by atoms with Crippen LogP contribution in [-0.4, -0.2) is 19.6 Å². The minimum atomic E-state index is 0.578. The molecule has 0 aromatic heterocycles. The fourth-order valence-corrected chi connectivity index (χ4v) is 2.91. The molecule has 0 spiro atoms. The monoisotopic (exact) mass is 232 g/mol. The fraction of sp³-hybridized carbons (Fsp3) is 0.600. The average molecular weight is 232 g/mol. The third kappa shape index (κ3) is 2.47. The van der Waals surface area contributed by atoms with Gasteiger partial charge in [0.2, 0.25) is 0 Å². The molecule has 1 aromatic rings. The average Bonchev–Trinajstić information content (AvgIpc) is 2.39. The summed E-state index contributed by atoms with van der Waals surface area (Å²) in [5, 5.41) is 0. The first-order chi connectivity index (χ1) is 8.30. The maximum absolute atomic E-state index is 5.90. The molecule has 0 aliphatic heterocycles. The summed E-state index contributed by atoms with van der Waals surface area (Å²) in [4.78, 5) is 2.41. The highest BCUT2D eigenvalue weighted by Gasteiger charge is 2.19. The van der Waals surface area contributed by atoms with E-state index in [1.807, 2.05) is 0 Å². The van der Waals surface area contributed by atoms with E-state index in [2.05, 4.69) is 36.9 Å². The van der Waals surface area contributed by atoms with E-state index >= 15 is 0 Å². The maximum atomic E-state index is 5.90. The second-order valence-corrected chi connectivity index (χ2v) is 4.88. The van der Waals surface area contributed by atoms with Gasteiger partial charge in [0, 0.05) is 18.8 Å². The van der Waals surface area contributed by atoms with Gasteiger partial charge in [-0.2, -0.15) is 0 Å². The van der Waals surface area contributed by atoms with Crippen LogP contribution in [-0.2, 0) is 6.42 Å². The maximum Gasteiger partial charge on any atom is 0.0369 e. The molecule has 2 nitrogen and oxygen atoms in total. The van der Waals surface area contributed by atoms with E-state index in [1.54, 1.807) is 0 Å². The number of hydrogen-bond donors (Lipinski definition) is 1. The SMILES string of the molecule is CCN(CC)c1ccc2c(c1)C(CN)CCC2. The van der Waals surface area contributed by atoms with Crippen molar-refractivity contribution >= 4 is 5.69 Å². The molecule has 0 radical (unpaired) electrons. The van der Waals surface area contributed by atoms with Crippen molar-refractivity contribution in [2.75, 3.05) is 24.5 Å². The predicted molar refractivity (Wildman–Crippen MR) is 74.7 cm³/mol. The summed E-state index contributed by atoms with van der Waals surface area (Å²) >= 11 is 0. The topological polar surface area (TPSA) is 29.3 Å². The van der Waals surface area contributed by atoms with E-state index in [9.17, 15) is 0 Å². The lowest BCUT2D eigenvalue weighted by Gasteiger charge is -2.28. The standard InChI is InChI=1S/C15H24N2/c1-3-17(4-2)14-9-8-12-6-5-7-13(11-16)15(12)10-14/h8-10,13H,3-7,11,16H2,1-2H3. The molecular formula is C15H24N2. The fourth-order valence-electron chi connectivity index (χ4n) is 2.91. The molecule has 1 atom stereocenters. The zero-order valence-electron chi connectivity index (χ0n) is 11.1. The molecule has 0 saturated carbocycles. The van der Waals surface area contributed by atoms with Crippen LogP contribution in [0.3, 0.4) is 0 Å². The number of nitrogens with two attached hydrogens (primary N) is 1. The molecule has 17 heavy (non-hydrogen) atoms. The summed E-state index contributed by atoms with van der Waals surface area (Å²) in [6.07, 6.45) is 3.77. The zero-order valence-corrected chi connectivity index (χ0v) is 11.1. The third-order valence-corrected chi connectivity index (χ3v) is 3.98. The Morgan fingerprint density at radius 1 is 1.29 bits per heavy atom. The summed E-state index contributed by atoms with van der Waals surface area (Å²) in [5.41, 5.74) is 10.3. The molecular weight excluding hydrogens is 208 g/mol. The Hall–Kier alpha value is -1.02. The molecule has 1 aliphatic carbocycles. The zero-order chi connectivity index (χ0) is 12.3. The Labute approximate surface area is 105 Å². The molecule has 2 rings (SSSR count). The van der Waals surface area contributed by atoms with Crippen molar-refractivity contribution in [3.63, 3.8) is 0 Å². The molecule has 1 aromatic carbocycles. The molecule has 94 valence electrons. The van der Waals surface area contributed by atoms with Gasteiger partial charge in [0.1, 0.15) is 0 Å². The van der Waals surface area contributed by atoms with Gasteiger partial charge in [0.15, 0.2) is 0 Å². The van der Waals surface area contributed by atoms with Crippen molar-refractivity contribution in [1.82, 2.24) is 0 Å².